The lowest BCUT2D eigenvalue weighted by molar-refractivity contribution is 0.0688. The van der Waals surface area contributed by atoms with Gasteiger partial charge in [-0.15, -0.1) is 0 Å². The van der Waals surface area contributed by atoms with Crippen molar-refractivity contribution >= 4 is 16.1 Å². The van der Waals surface area contributed by atoms with Crippen molar-refractivity contribution < 1.29 is 17.6 Å². The number of hydrogen-bond acceptors (Lipinski definition) is 5. The normalized spacial score (nSPS) is 16.2. The van der Waals surface area contributed by atoms with Crippen LogP contribution in [-0.2, 0) is 10.2 Å². The van der Waals surface area contributed by atoms with Crippen molar-refractivity contribution in [3.8, 4) is 11.5 Å². The molecule has 2 aromatic rings. The molecule has 1 aliphatic heterocycles. The van der Waals surface area contributed by atoms with Crippen LogP contribution in [0.2, 0.25) is 0 Å². The Balaban J connectivity index is 1.73. The summed E-state index contributed by atoms with van der Waals surface area (Å²) in [7, 11) is -0.466. The summed E-state index contributed by atoms with van der Waals surface area (Å²) in [6.45, 7) is 2.86. The van der Waals surface area contributed by atoms with Gasteiger partial charge in [0.25, 0.3) is 16.1 Å². The van der Waals surface area contributed by atoms with E-state index in [1.54, 1.807) is 11.8 Å². The van der Waals surface area contributed by atoms with E-state index >= 15 is 0 Å². The van der Waals surface area contributed by atoms with Crippen molar-refractivity contribution in [2.24, 2.45) is 0 Å². The standard InChI is InChI=1S/C17H22N4O4S/c1-13-15(18-16(25-13)14-7-5-4-6-8-14)17(22)20-9-11-21(12-10-20)26(23,24)19(2)3/h4-8H,9-12H2,1-3H3. The van der Waals surface area contributed by atoms with Gasteiger partial charge in [-0.3, -0.25) is 4.79 Å². The molecule has 0 aliphatic carbocycles. The lowest BCUT2D eigenvalue weighted by Crippen LogP contribution is -2.53. The smallest absolute Gasteiger partial charge is 0.281 e. The molecule has 0 unspecified atom stereocenters. The molecule has 140 valence electrons. The number of benzene rings is 1. The van der Waals surface area contributed by atoms with Gasteiger partial charge in [0, 0.05) is 45.8 Å². The summed E-state index contributed by atoms with van der Waals surface area (Å²) >= 11 is 0. The molecule has 2 heterocycles. The number of rotatable bonds is 4. The fourth-order valence-corrected chi connectivity index (χ4v) is 3.89. The molecular formula is C17H22N4O4S. The maximum Gasteiger partial charge on any atom is 0.281 e. The minimum atomic E-state index is -3.46. The minimum Gasteiger partial charge on any atom is -0.441 e. The molecule has 9 heteroatoms. The summed E-state index contributed by atoms with van der Waals surface area (Å²) in [5.74, 6) is 0.618. The number of nitrogens with zero attached hydrogens (tertiary/aromatic N) is 4. The largest absolute Gasteiger partial charge is 0.441 e. The molecule has 0 spiro atoms. The van der Waals surface area contributed by atoms with Gasteiger partial charge >= 0.3 is 0 Å². The van der Waals surface area contributed by atoms with Crippen LogP contribution >= 0.6 is 0 Å². The number of aromatic nitrogens is 1. The average Bonchev–Trinajstić information content (AvgIpc) is 3.03. The summed E-state index contributed by atoms with van der Waals surface area (Å²) in [6, 6.07) is 9.38. The Kier molecular flexibility index (Phi) is 5.12. The molecule has 1 aromatic heterocycles. The Bertz CT molecular complexity index is 885. The van der Waals surface area contributed by atoms with Gasteiger partial charge in [-0.25, -0.2) is 4.98 Å². The van der Waals surface area contributed by atoms with E-state index in [2.05, 4.69) is 4.98 Å². The zero-order valence-electron chi connectivity index (χ0n) is 15.0. The second-order valence-electron chi connectivity index (χ2n) is 6.27. The summed E-state index contributed by atoms with van der Waals surface area (Å²) in [4.78, 5) is 18.7. The van der Waals surface area contributed by atoms with E-state index in [4.69, 9.17) is 4.42 Å². The Hall–Kier alpha value is -2.23. The predicted molar refractivity (Wildman–Crippen MR) is 96.8 cm³/mol. The highest BCUT2D eigenvalue weighted by Gasteiger charge is 2.32. The van der Waals surface area contributed by atoms with Crippen molar-refractivity contribution in [3.63, 3.8) is 0 Å². The molecule has 1 aromatic carbocycles. The van der Waals surface area contributed by atoms with E-state index in [1.165, 1.54) is 22.7 Å². The first kappa shape index (κ1) is 18.6. The molecule has 0 bridgehead atoms. The summed E-state index contributed by atoms with van der Waals surface area (Å²) in [5, 5.41) is 0. The third-order valence-corrected chi connectivity index (χ3v) is 6.27. The molecule has 0 atom stereocenters. The zero-order chi connectivity index (χ0) is 18.9. The highest BCUT2D eigenvalue weighted by molar-refractivity contribution is 7.86. The SMILES string of the molecule is Cc1oc(-c2ccccc2)nc1C(=O)N1CCN(S(=O)(=O)N(C)C)CC1. The fourth-order valence-electron chi connectivity index (χ4n) is 2.80. The second-order valence-corrected chi connectivity index (χ2v) is 8.41. The maximum atomic E-state index is 12.8. The van der Waals surface area contributed by atoms with Crippen LogP contribution < -0.4 is 0 Å². The predicted octanol–water partition coefficient (Wildman–Crippen LogP) is 1.21. The molecule has 0 radical (unpaired) electrons. The van der Waals surface area contributed by atoms with Crippen LogP contribution in [0.25, 0.3) is 11.5 Å². The van der Waals surface area contributed by atoms with E-state index < -0.39 is 10.2 Å². The molecular weight excluding hydrogens is 356 g/mol. The fraction of sp³-hybridized carbons (Fsp3) is 0.412. The maximum absolute atomic E-state index is 12.8. The van der Waals surface area contributed by atoms with E-state index in [9.17, 15) is 13.2 Å². The Labute approximate surface area is 153 Å². The quantitative estimate of drug-likeness (QED) is 0.798. The Morgan fingerprint density at radius 3 is 2.31 bits per heavy atom. The van der Waals surface area contributed by atoms with E-state index in [0.29, 0.717) is 24.7 Å². The summed E-state index contributed by atoms with van der Waals surface area (Å²) in [6.07, 6.45) is 0. The van der Waals surface area contributed by atoms with Gasteiger partial charge in [0.05, 0.1) is 0 Å². The first-order valence-corrected chi connectivity index (χ1v) is 9.70. The van der Waals surface area contributed by atoms with Crippen molar-refractivity contribution in [2.45, 2.75) is 6.92 Å². The third-order valence-electron chi connectivity index (χ3n) is 4.33. The van der Waals surface area contributed by atoms with Gasteiger partial charge in [-0.05, 0) is 19.1 Å². The lowest BCUT2D eigenvalue weighted by Gasteiger charge is -2.34. The number of piperazine rings is 1. The van der Waals surface area contributed by atoms with E-state index in [1.807, 2.05) is 30.3 Å². The second kappa shape index (κ2) is 7.18. The Morgan fingerprint density at radius 2 is 1.73 bits per heavy atom. The van der Waals surface area contributed by atoms with Gasteiger partial charge in [0.1, 0.15) is 5.76 Å². The molecule has 1 fully saturated rings. The highest BCUT2D eigenvalue weighted by Crippen LogP contribution is 2.23. The average molecular weight is 378 g/mol. The molecule has 26 heavy (non-hydrogen) atoms. The van der Waals surface area contributed by atoms with Gasteiger partial charge in [0.2, 0.25) is 5.89 Å². The van der Waals surface area contributed by atoms with Crippen molar-refractivity contribution in [1.82, 2.24) is 18.5 Å². The summed E-state index contributed by atoms with van der Waals surface area (Å²) < 4.78 is 32.5. The molecule has 1 amide bonds. The monoisotopic (exact) mass is 378 g/mol. The van der Waals surface area contributed by atoms with Gasteiger partial charge in [-0.2, -0.15) is 17.0 Å². The van der Waals surface area contributed by atoms with Crippen molar-refractivity contribution in [3.05, 3.63) is 41.8 Å². The van der Waals surface area contributed by atoms with Gasteiger partial charge in [-0.1, -0.05) is 18.2 Å². The minimum absolute atomic E-state index is 0.240. The van der Waals surface area contributed by atoms with Crippen LogP contribution in [0.3, 0.4) is 0 Å². The first-order valence-electron chi connectivity index (χ1n) is 8.30. The molecule has 3 rings (SSSR count). The van der Waals surface area contributed by atoms with Gasteiger partial charge < -0.3 is 9.32 Å². The van der Waals surface area contributed by atoms with Crippen molar-refractivity contribution in [2.75, 3.05) is 40.3 Å². The number of oxazole rings is 1. The van der Waals surface area contributed by atoms with Crippen LogP contribution in [0, 0.1) is 6.92 Å². The Morgan fingerprint density at radius 1 is 1.12 bits per heavy atom. The number of carbonyl (C=O) groups excluding carboxylic acids is 1. The number of carbonyl (C=O) groups is 1. The van der Waals surface area contributed by atoms with Crippen LogP contribution in [-0.4, -0.2) is 73.1 Å². The molecule has 0 saturated carbocycles. The summed E-state index contributed by atoms with van der Waals surface area (Å²) in [5.41, 5.74) is 1.07. The zero-order valence-corrected chi connectivity index (χ0v) is 15.9. The van der Waals surface area contributed by atoms with Crippen LogP contribution in [0.4, 0.5) is 0 Å². The molecule has 8 nitrogen and oxygen atoms in total. The topological polar surface area (TPSA) is 87.0 Å². The van der Waals surface area contributed by atoms with Crippen molar-refractivity contribution in [1.29, 1.82) is 0 Å². The number of amides is 1. The van der Waals surface area contributed by atoms with E-state index in [0.717, 1.165) is 5.56 Å². The third kappa shape index (κ3) is 3.50. The van der Waals surface area contributed by atoms with Crippen LogP contribution in [0.5, 0.6) is 0 Å². The molecule has 1 aliphatic rings. The number of aryl methyl sites for hydroxylation is 1. The van der Waals surface area contributed by atoms with Crippen LogP contribution in [0.1, 0.15) is 16.2 Å². The highest BCUT2D eigenvalue weighted by atomic mass is 32.2. The lowest BCUT2D eigenvalue weighted by atomic mass is 10.2. The molecule has 0 N–H and O–H groups in total. The van der Waals surface area contributed by atoms with Crippen LogP contribution in [0.15, 0.2) is 34.7 Å². The number of hydrogen-bond donors (Lipinski definition) is 0. The van der Waals surface area contributed by atoms with E-state index in [-0.39, 0.29) is 24.7 Å². The first-order chi connectivity index (χ1) is 12.3. The van der Waals surface area contributed by atoms with Gasteiger partial charge in [0.15, 0.2) is 5.69 Å². The molecule has 1 saturated heterocycles.